The van der Waals surface area contributed by atoms with Gasteiger partial charge in [0.2, 0.25) is 0 Å². The van der Waals surface area contributed by atoms with Crippen LogP contribution in [0.25, 0.3) is 11.0 Å². The molecule has 21 heavy (non-hydrogen) atoms. The van der Waals surface area contributed by atoms with Crippen molar-refractivity contribution >= 4 is 11.0 Å². The van der Waals surface area contributed by atoms with E-state index in [-0.39, 0.29) is 17.7 Å². The summed E-state index contributed by atoms with van der Waals surface area (Å²) in [6.07, 6.45) is 4.02. The Bertz CT molecular complexity index is 673. The molecule has 114 valence electrons. The molecule has 0 amide bonds. The monoisotopic (exact) mass is 292 g/mol. The van der Waals surface area contributed by atoms with Crippen LogP contribution in [-0.2, 0) is 18.3 Å². The minimum atomic E-state index is -0.153. The maximum absolute atomic E-state index is 12.2. The van der Waals surface area contributed by atoms with Crippen molar-refractivity contribution in [3.05, 3.63) is 16.6 Å². The summed E-state index contributed by atoms with van der Waals surface area (Å²) in [6.45, 7) is 4.09. The first-order valence-corrected chi connectivity index (χ1v) is 7.27. The van der Waals surface area contributed by atoms with E-state index in [9.17, 15) is 4.79 Å². The number of nitrogens with one attached hydrogen (secondary N) is 1. The average Bonchev–Trinajstić information content (AvgIpc) is 3.12. The molecular formula is C13H20N6O2. The summed E-state index contributed by atoms with van der Waals surface area (Å²) in [5, 5.41) is 15.9. The molecule has 2 unspecified atom stereocenters. The van der Waals surface area contributed by atoms with Gasteiger partial charge in [-0.15, -0.1) is 5.10 Å². The molecule has 0 saturated carbocycles. The summed E-state index contributed by atoms with van der Waals surface area (Å²) < 4.78 is 8.55. The van der Waals surface area contributed by atoms with Gasteiger partial charge in [-0.3, -0.25) is 4.79 Å². The summed E-state index contributed by atoms with van der Waals surface area (Å²) in [6, 6.07) is 0.276. The summed E-state index contributed by atoms with van der Waals surface area (Å²) in [4.78, 5) is 12.2. The Morgan fingerprint density at radius 2 is 2.43 bits per heavy atom. The minimum Gasteiger partial charge on any atom is -0.377 e. The molecule has 3 heterocycles. The van der Waals surface area contributed by atoms with E-state index in [4.69, 9.17) is 4.74 Å². The van der Waals surface area contributed by atoms with Gasteiger partial charge in [0.15, 0.2) is 5.65 Å². The third-order valence-corrected chi connectivity index (χ3v) is 3.93. The molecule has 1 saturated heterocycles. The summed E-state index contributed by atoms with van der Waals surface area (Å²) >= 11 is 0. The Kier molecular flexibility index (Phi) is 3.98. The Balaban J connectivity index is 1.62. The topological polar surface area (TPSA) is 86.9 Å². The number of fused-ring (bicyclic) bond motifs is 1. The zero-order valence-electron chi connectivity index (χ0n) is 12.3. The maximum Gasteiger partial charge on any atom is 0.280 e. The highest BCUT2D eigenvalue weighted by Crippen LogP contribution is 2.15. The van der Waals surface area contributed by atoms with Gasteiger partial charge in [0.05, 0.1) is 18.8 Å². The van der Waals surface area contributed by atoms with E-state index in [1.807, 2.05) is 0 Å². The van der Waals surface area contributed by atoms with Crippen LogP contribution in [0.1, 0.15) is 19.8 Å². The van der Waals surface area contributed by atoms with Crippen LogP contribution < -0.4 is 10.9 Å². The van der Waals surface area contributed by atoms with Gasteiger partial charge >= 0.3 is 0 Å². The fourth-order valence-electron chi connectivity index (χ4n) is 2.65. The fraction of sp³-hybridized carbons (Fsp3) is 0.692. The molecule has 0 bridgehead atoms. The van der Waals surface area contributed by atoms with Crippen LogP contribution in [0.15, 0.2) is 11.0 Å². The number of rotatable bonds is 5. The van der Waals surface area contributed by atoms with E-state index in [1.165, 1.54) is 10.9 Å². The molecule has 1 aliphatic heterocycles. The molecule has 1 N–H and O–H groups in total. The highest BCUT2D eigenvalue weighted by Gasteiger charge is 2.21. The molecule has 8 nitrogen and oxygen atoms in total. The standard InChI is InChI=1S/C13H20N6O2/c1-9(11-4-3-7-21-11)14-5-6-19-13(20)10-8-15-18(2)12(10)16-17-19/h8-9,11,14H,3-7H2,1-2H3. The maximum atomic E-state index is 12.2. The van der Waals surface area contributed by atoms with Crippen molar-refractivity contribution in [2.45, 2.75) is 38.5 Å². The third kappa shape index (κ3) is 2.81. The lowest BCUT2D eigenvalue weighted by atomic mass is 10.1. The number of hydrogen-bond acceptors (Lipinski definition) is 6. The normalized spacial score (nSPS) is 20.2. The van der Waals surface area contributed by atoms with Gasteiger partial charge in [0.25, 0.3) is 5.56 Å². The molecule has 1 fully saturated rings. The molecule has 1 aliphatic rings. The lowest BCUT2D eigenvalue weighted by Crippen LogP contribution is -2.40. The second-order valence-corrected chi connectivity index (χ2v) is 5.42. The van der Waals surface area contributed by atoms with Gasteiger partial charge < -0.3 is 10.1 Å². The zero-order valence-corrected chi connectivity index (χ0v) is 12.3. The van der Waals surface area contributed by atoms with Crippen LogP contribution in [0, 0.1) is 0 Å². The minimum absolute atomic E-state index is 0.153. The Morgan fingerprint density at radius 1 is 1.57 bits per heavy atom. The van der Waals surface area contributed by atoms with Gasteiger partial charge in [-0.25, -0.2) is 9.36 Å². The first kappa shape index (κ1) is 14.2. The second kappa shape index (κ2) is 5.90. The van der Waals surface area contributed by atoms with Gasteiger partial charge in [-0.05, 0) is 19.8 Å². The zero-order chi connectivity index (χ0) is 14.8. The first-order chi connectivity index (χ1) is 10.2. The molecule has 2 atom stereocenters. The predicted octanol–water partition coefficient (Wildman–Crippen LogP) is -0.318. The van der Waals surface area contributed by atoms with Crippen molar-refractivity contribution in [1.82, 2.24) is 30.1 Å². The van der Waals surface area contributed by atoms with Crippen LogP contribution in [0.5, 0.6) is 0 Å². The van der Waals surface area contributed by atoms with E-state index >= 15 is 0 Å². The van der Waals surface area contributed by atoms with E-state index < -0.39 is 0 Å². The van der Waals surface area contributed by atoms with Gasteiger partial charge in [0.1, 0.15) is 5.39 Å². The molecule has 3 rings (SSSR count). The molecule has 2 aromatic rings. The van der Waals surface area contributed by atoms with Crippen molar-refractivity contribution < 1.29 is 4.74 Å². The number of hydrogen-bond donors (Lipinski definition) is 1. The summed E-state index contributed by atoms with van der Waals surface area (Å²) in [5.41, 5.74) is 0.358. The van der Waals surface area contributed by atoms with Crippen LogP contribution in [0.3, 0.4) is 0 Å². The fourth-order valence-corrected chi connectivity index (χ4v) is 2.65. The third-order valence-electron chi connectivity index (χ3n) is 3.93. The number of ether oxygens (including phenoxy) is 1. The number of aryl methyl sites for hydroxylation is 1. The molecule has 8 heteroatoms. The van der Waals surface area contributed by atoms with E-state index in [2.05, 4.69) is 27.7 Å². The molecule has 0 radical (unpaired) electrons. The molecule has 0 spiro atoms. The van der Waals surface area contributed by atoms with E-state index in [0.29, 0.717) is 24.1 Å². The van der Waals surface area contributed by atoms with Crippen LogP contribution in [-0.4, -0.2) is 50.1 Å². The Morgan fingerprint density at radius 3 is 3.19 bits per heavy atom. The lowest BCUT2D eigenvalue weighted by Gasteiger charge is -2.19. The molecule has 2 aromatic heterocycles. The van der Waals surface area contributed by atoms with Crippen molar-refractivity contribution in [2.75, 3.05) is 13.2 Å². The summed E-state index contributed by atoms with van der Waals surface area (Å²) in [5.74, 6) is 0. The smallest absolute Gasteiger partial charge is 0.280 e. The highest BCUT2D eigenvalue weighted by molar-refractivity contribution is 5.72. The van der Waals surface area contributed by atoms with Crippen molar-refractivity contribution in [2.24, 2.45) is 7.05 Å². The van der Waals surface area contributed by atoms with Crippen LogP contribution in [0.4, 0.5) is 0 Å². The Hall–Kier alpha value is -1.80. The van der Waals surface area contributed by atoms with Crippen LogP contribution in [0.2, 0.25) is 0 Å². The SMILES string of the molecule is CC(NCCn1nnc2c(cnn2C)c1=O)C1CCCO1. The number of nitrogens with zero attached hydrogens (tertiary/aromatic N) is 5. The number of aromatic nitrogens is 5. The predicted molar refractivity (Wildman–Crippen MR) is 77.0 cm³/mol. The molecule has 0 aromatic carbocycles. The van der Waals surface area contributed by atoms with Crippen LogP contribution >= 0.6 is 0 Å². The van der Waals surface area contributed by atoms with Crippen molar-refractivity contribution in [3.8, 4) is 0 Å². The van der Waals surface area contributed by atoms with Gasteiger partial charge in [0, 0.05) is 26.2 Å². The average molecular weight is 292 g/mol. The highest BCUT2D eigenvalue weighted by atomic mass is 16.5. The molecule has 0 aliphatic carbocycles. The van der Waals surface area contributed by atoms with Gasteiger partial charge in [-0.2, -0.15) is 5.10 Å². The van der Waals surface area contributed by atoms with Crippen molar-refractivity contribution in [3.63, 3.8) is 0 Å². The van der Waals surface area contributed by atoms with Crippen molar-refractivity contribution in [1.29, 1.82) is 0 Å². The summed E-state index contributed by atoms with van der Waals surface area (Å²) in [7, 11) is 1.74. The Labute approximate surface area is 122 Å². The van der Waals surface area contributed by atoms with Gasteiger partial charge in [-0.1, -0.05) is 5.21 Å². The second-order valence-electron chi connectivity index (χ2n) is 5.42. The lowest BCUT2D eigenvalue weighted by molar-refractivity contribution is 0.0833. The van der Waals surface area contributed by atoms with E-state index in [0.717, 1.165) is 19.4 Å². The molecular weight excluding hydrogens is 272 g/mol. The largest absolute Gasteiger partial charge is 0.377 e. The quantitative estimate of drug-likeness (QED) is 0.813. The van der Waals surface area contributed by atoms with E-state index in [1.54, 1.807) is 11.7 Å². The first-order valence-electron chi connectivity index (χ1n) is 7.27.